The maximum Gasteiger partial charge on any atom is 0.252 e. The zero-order chi connectivity index (χ0) is 20.5. The van der Waals surface area contributed by atoms with E-state index in [2.05, 4.69) is 5.32 Å². The van der Waals surface area contributed by atoms with E-state index in [1.165, 1.54) is 4.31 Å². The summed E-state index contributed by atoms with van der Waals surface area (Å²) in [5, 5.41) is 3.93. The highest BCUT2D eigenvalue weighted by Crippen LogP contribution is 2.23. The molecule has 1 aromatic carbocycles. The molecule has 0 spiro atoms. The highest BCUT2D eigenvalue weighted by Gasteiger charge is 2.32. The molecule has 1 fully saturated rings. The van der Waals surface area contributed by atoms with E-state index in [-0.39, 0.29) is 17.3 Å². The summed E-state index contributed by atoms with van der Waals surface area (Å²) in [4.78, 5) is 14.1. The van der Waals surface area contributed by atoms with Gasteiger partial charge in [-0.3, -0.25) is 9.69 Å². The fourth-order valence-corrected chi connectivity index (χ4v) is 5.46. The average molecular weight is 433 g/mol. The Kier molecular flexibility index (Phi) is 6.08. The number of carbonyl (C=O) groups excluding carboxylic acids is 1. The molecule has 1 N–H and O–H groups in total. The van der Waals surface area contributed by atoms with Gasteiger partial charge in [0.05, 0.1) is 11.7 Å². The summed E-state index contributed by atoms with van der Waals surface area (Å²) in [6, 6.07) is 4.17. The molecular weight excluding hydrogens is 415 g/mol. The zero-order valence-corrected chi connectivity index (χ0v) is 16.5. The van der Waals surface area contributed by atoms with Gasteiger partial charge < -0.3 is 5.32 Å². The maximum atomic E-state index is 13.7. The Morgan fingerprint density at radius 3 is 2.39 bits per heavy atom. The van der Waals surface area contributed by atoms with Crippen molar-refractivity contribution >= 4 is 33.0 Å². The molecule has 11 heteroatoms. The Labute approximate surface area is 164 Å². The Morgan fingerprint density at radius 2 is 1.79 bits per heavy atom. The van der Waals surface area contributed by atoms with Gasteiger partial charge in [0.2, 0.25) is 5.91 Å². The monoisotopic (exact) mass is 433 g/mol. The van der Waals surface area contributed by atoms with Gasteiger partial charge in [-0.15, -0.1) is 11.3 Å². The van der Waals surface area contributed by atoms with Crippen LogP contribution in [0.5, 0.6) is 0 Å². The lowest BCUT2D eigenvalue weighted by atomic mass is 10.2. The minimum Gasteiger partial charge on any atom is -0.322 e. The largest absolute Gasteiger partial charge is 0.322 e. The molecule has 1 aromatic heterocycles. The Hall–Kier alpha value is -1.95. The first-order valence-corrected chi connectivity index (χ1v) is 10.8. The first-order chi connectivity index (χ1) is 13.2. The average Bonchev–Trinajstić information content (AvgIpc) is 3.23. The lowest BCUT2D eigenvalue weighted by Crippen LogP contribution is -2.53. The van der Waals surface area contributed by atoms with Crippen LogP contribution >= 0.6 is 11.3 Å². The second-order valence-electron chi connectivity index (χ2n) is 6.26. The molecule has 152 valence electrons. The topological polar surface area (TPSA) is 69.7 Å². The van der Waals surface area contributed by atoms with E-state index in [4.69, 9.17) is 0 Å². The van der Waals surface area contributed by atoms with Gasteiger partial charge in [0.15, 0.2) is 17.5 Å². The molecule has 6 nitrogen and oxygen atoms in total. The van der Waals surface area contributed by atoms with E-state index in [0.717, 1.165) is 23.5 Å². The van der Waals surface area contributed by atoms with Crippen LogP contribution in [-0.4, -0.2) is 55.8 Å². The number of nitrogens with one attached hydrogen (secondary N) is 1. The molecule has 1 atom stereocenters. The highest BCUT2D eigenvalue weighted by molar-refractivity contribution is 7.91. The van der Waals surface area contributed by atoms with Crippen LogP contribution in [0, 0.1) is 17.5 Å². The normalized spacial score (nSPS) is 17.4. The summed E-state index contributed by atoms with van der Waals surface area (Å²) in [5.41, 5.74) is -0.449. The fourth-order valence-electron chi connectivity index (χ4n) is 2.89. The van der Waals surface area contributed by atoms with Gasteiger partial charge in [-0.2, -0.15) is 4.31 Å². The second kappa shape index (κ2) is 8.19. The number of hydrogen-bond acceptors (Lipinski definition) is 5. The summed E-state index contributed by atoms with van der Waals surface area (Å²) in [7, 11) is -3.55. The van der Waals surface area contributed by atoms with Crippen molar-refractivity contribution in [1.82, 2.24) is 9.21 Å². The number of benzene rings is 1. The Bertz CT molecular complexity index is 960. The zero-order valence-electron chi connectivity index (χ0n) is 14.9. The SMILES string of the molecule is C[C@H](C(=O)Nc1ccc(F)c(F)c1F)N1CCN(S(=O)(=O)c2cccs2)CC1. The molecule has 1 saturated heterocycles. The van der Waals surface area contributed by atoms with Gasteiger partial charge in [-0.25, -0.2) is 21.6 Å². The van der Waals surface area contributed by atoms with E-state index in [1.807, 2.05) is 0 Å². The number of anilines is 1. The molecule has 0 unspecified atom stereocenters. The lowest BCUT2D eigenvalue weighted by Gasteiger charge is -2.36. The van der Waals surface area contributed by atoms with Crippen LogP contribution in [-0.2, 0) is 14.8 Å². The van der Waals surface area contributed by atoms with Gasteiger partial charge in [0.25, 0.3) is 10.0 Å². The lowest BCUT2D eigenvalue weighted by molar-refractivity contribution is -0.121. The number of piperazine rings is 1. The molecule has 1 aliphatic heterocycles. The predicted octanol–water partition coefficient (Wildman–Crippen LogP) is 2.50. The number of rotatable bonds is 5. The molecule has 0 bridgehead atoms. The first-order valence-electron chi connectivity index (χ1n) is 8.44. The third-order valence-corrected chi connectivity index (χ3v) is 7.85. The predicted molar refractivity (Wildman–Crippen MR) is 99.1 cm³/mol. The smallest absolute Gasteiger partial charge is 0.252 e. The number of halogens is 3. The number of sulfonamides is 1. The van der Waals surface area contributed by atoms with E-state index in [1.54, 1.807) is 29.3 Å². The molecule has 0 saturated carbocycles. The van der Waals surface area contributed by atoms with Gasteiger partial charge >= 0.3 is 0 Å². The van der Waals surface area contributed by atoms with E-state index in [9.17, 15) is 26.4 Å². The standard InChI is InChI=1S/C17H18F3N3O3S2/c1-11(17(24)21-13-5-4-12(18)15(19)16(13)20)22-6-8-23(9-7-22)28(25,26)14-3-2-10-27-14/h2-5,10-11H,6-9H2,1H3,(H,21,24)/t11-/m1/s1. The number of amides is 1. The van der Waals surface area contributed by atoms with Crippen LogP contribution in [0.15, 0.2) is 33.9 Å². The maximum absolute atomic E-state index is 13.7. The summed E-state index contributed by atoms with van der Waals surface area (Å²) in [5.74, 6) is -5.06. The van der Waals surface area contributed by atoms with Crippen LogP contribution < -0.4 is 5.32 Å². The third-order valence-electron chi connectivity index (χ3n) is 4.58. The molecule has 1 aliphatic rings. The number of thiophene rings is 1. The molecule has 2 aromatic rings. The Morgan fingerprint density at radius 1 is 1.11 bits per heavy atom. The first kappa shape index (κ1) is 20.8. The summed E-state index contributed by atoms with van der Waals surface area (Å²) in [6.45, 7) is 2.60. The number of hydrogen-bond donors (Lipinski definition) is 1. The third kappa shape index (κ3) is 4.07. The molecule has 28 heavy (non-hydrogen) atoms. The highest BCUT2D eigenvalue weighted by atomic mass is 32.2. The van der Waals surface area contributed by atoms with Crippen molar-refractivity contribution in [2.24, 2.45) is 0 Å². The summed E-state index contributed by atoms with van der Waals surface area (Å²) >= 11 is 1.14. The molecular formula is C17H18F3N3O3S2. The van der Waals surface area contributed by atoms with Crippen molar-refractivity contribution in [3.8, 4) is 0 Å². The van der Waals surface area contributed by atoms with Gasteiger partial charge in [0, 0.05) is 26.2 Å². The van der Waals surface area contributed by atoms with Crippen LogP contribution in [0.3, 0.4) is 0 Å². The quantitative estimate of drug-likeness (QED) is 0.736. The molecule has 0 radical (unpaired) electrons. The fraction of sp³-hybridized carbons (Fsp3) is 0.353. The molecule has 3 rings (SSSR count). The second-order valence-corrected chi connectivity index (χ2v) is 9.37. The number of carbonyl (C=O) groups is 1. The van der Waals surface area contributed by atoms with Crippen LogP contribution in [0.4, 0.5) is 18.9 Å². The van der Waals surface area contributed by atoms with Crippen LogP contribution in [0.2, 0.25) is 0 Å². The van der Waals surface area contributed by atoms with Gasteiger partial charge in [-0.05, 0) is 30.5 Å². The van der Waals surface area contributed by atoms with E-state index >= 15 is 0 Å². The van der Waals surface area contributed by atoms with Crippen molar-refractivity contribution in [1.29, 1.82) is 0 Å². The molecule has 0 aliphatic carbocycles. The van der Waals surface area contributed by atoms with Gasteiger partial charge in [-0.1, -0.05) is 6.07 Å². The Balaban J connectivity index is 1.61. The summed E-state index contributed by atoms with van der Waals surface area (Å²) in [6.07, 6.45) is 0. The summed E-state index contributed by atoms with van der Waals surface area (Å²) < 4.78 is 66.7. The van der Waals surface area contributed by atoms with Crippen molar-refractivity contribution in [3.05, 3.63) is 47.1 Å². The molecule has 2 heterocycles. The van der Waals surface area contributed by atoms with Crippen molar-refractivity contribution in [2.45, 2.75) is 17.2 Å². The minimum absolute atomic E-state index is 0.206. The van der Waals surface area contributed by atoms with Crippen molar-refractivity contribution < 1.29 is 26.4 Å². The minimum atomic E-state index is -3.55. The van der Waals surface area contributed by atoms with Gasteiger partial charge in [0.1, 0.15) is 4.21 Å². The van der Waals surface area contributed by atoms with E-state index in [0.29, 0.717) is 13.1 Å². The van der Waals surface area contributed by atoms with Crippen LogP contribution in [0.25, 0.3) is 0 Å². The van der Waals surface area contributed by atoms with Crippen molar-refractivity contribution in [2.75, 3.05) is 31.5 Å². The molecule has 1 amide bonds. The van der Waals surface area contributed by atoms with E-state index < -0.39 is 45.1 Å². The number of nitrogens with zero attached hydrogens (tertiary/aromatic N) is 2. The van der Waals surface area contributed by atoms with Crippen LogP contribution in [0.1, 0.15) is 6.92 Å². The van der Waals surface area contributed by atoms with Crippen molar-refractivity contribution in [3.63, 3.8) is 0 Å².